The molecule has 1 aliphatic heterocycles. The zero-order valence-electron chi connectivity index (χ0n) is 15.7. The van der Waals surface area contributed by atoms with Crippen LogP contribution in [0.5, 0.6) is 0 Å². The number of para-hydroxylation sites is 1. The molecule has 2 aromatic carbocycles. The van der Waals surface area contributed by atoms with Crippen molar-refractivity contribution in [2.24, 2.45) is 0 Å². The van der Waals surface area contributed by atoms with Crippen molar-refractivity contribution in [3.63, 3.8) is 0 Å². The molecule has 0 bridgehead atoms. The van der Waals surface area contributed by atoms with Crippen molar-refractivity contribution in [2.45, 2.75) is 13.8 Å². The van der Waals surface area contributed by atoms with Crippen LogP contribution in [0.15, 0.2) is 42.5 Å². The summed E-state index contributed by atoms with van der Waals surface area (Å²) in [7, 11) is 0. The van der Waals surface area contributed by atoms with Crippen molar-refractivity contribution in [3.8, 4) is 0 Å². The van der Waals surface area contributed by atoms with Gasteiger partial charge in [0.05, 0.1) is 6.54 Å². The number of anilines is 1. The molecule has 0 aliphatic carbocycles. The molecule has 2 amide bonds. The molecule has 1 fully saturated rings. The number of hydrogen-bond donors (Lipinski definition) is 1. The number of benzene rings is 2. The van der Waals surface area contributed by atoms with Crippen LogP contribution < -0.4 is 5.32 Å². The smallest absolute Gasteiger partial charge is 0.253 e. The highest BCUT2D eigenvalue weighted by atomic mass is 35.5. The second kappa shape index (κ2) is 8.55. The lowest BCUT2D eigenvalue weighted by molar-refractivity contribution is -0.117. The van der Waals surface area contributed by atoms with E-state index < -0.39 is 0 Å². The fraction of sp³-hybridized carbons (Fsp3) is 0.333. The molecule has 0 atom stereocenters. The first-order valence-electron chi connectivity index (χ1n) is 9.07. The molecule has 0 saturated carbocycles. The standard InChI is InChI=1S/C21H24ClN3O2/c1-15-4-3-5-16(2)20(15)23-19(26)14-24-10-12-25(13-11-24)21(27)17-6-8-18(22)9-7-17/h3-9H,10-14H2,1-2H3,(H,23,26). The largest absolute Gasteiger partial charge is 0.336 e. The van der Waals surface area contributed by atoms with Gasteiger partial charge in [-0.25, -0.2) is 0 Å². The molecular weight excluding hydrogens is 362 g/mol. The molecule has 142 valence electrons. The summed E-state index contributed by atoms with van der Waals surface area (Å²) in [5.74, 6) is -0.0174. The number of aryl methyl sites for hydroxylation is 2. The topological polar surface area (TPSA) is 52.7 Å². The highest BCUT2D eigenvalue weighted by Crippen LogP contribution is 2.19. The monoisotopic (exact) mass is 385 g/mol. The minimum atomic E-state index is -0.0233. The van der Waals surface area contributed by atoms with Crippen LogP contribution in [0.3, 0.4) is 0 Å². The Bertz CT molecular complexity index is 808. The van der Waals surface area contributed by atoms with Crippen molar-refractivity contribution in [1.82, 2.24) is 9.80 Å². The Morgan fingerprint density at radius 3 is 2.15 bits per heavy atom. The summed E-state index contributed by atoms with van der Waals surface area (Å²) in [4.78, 5) is 28.8. The first-order valence-corrected chi connectivity index (χ1v) is 9.45. The minimum absolute atomic E-state index is 0.00584. The van der Waals surface area contributed by atoms with Gasteiger partial charge in [-0.1, -0.05) is 29.8 Å². The van der Waals surface area contributed by atoms with Gasteiger partial charge in [-0.15, -0.1) is 0 Å². The summed E-state index contributed by atoms with van der Waals surface area (Å²) < 4.78 is 0. The van der Waals surface area contributed by atoms with Gasteiger partial charge < -0.3 is 10.2 Å². The number of amides is 2. The lowest BCUT2D eigenvalue weighted by atomic mass is 10.1. The zero-order chi connectivity index (χ0) is 19.4. The summed E-state index contributed by atoms with van der Waals surface area (Å²) in [5.41, 5.74) is 3.64. The Morgan fingerprint density at radius 2 is 1.56 bits per heavy atom. The van der Waals surface area contributed by atoms with Gasteiger partial charge in [-0.05, 0) is 49.2 Å². The van der Waals surface area contributed by atoms with Crippen LogP contribution in [0.2, 0.25) is 5.02 Å². The van der Waals surface area contributed by atoms with E-state index in [9.17, 15) is 9.59 Å². The normalized spacial score (nSPS) is 14.9. The van der Waals surface area contributed by atoms with Gasteiger partial charge >= 0.3 is 0 Å². The maximum Gasteiger partial charge on any atom is 0.253 e. The lowest BCUT2D eigenvalue weighted by Crippen LogP contribution is -2.50. The molecule has 1 N–H and O–H groups in total. The summed E-state index contributed by atoms with van der Waals surface area (Å²) in [6, 6.07) is 12.9. The van der Waals surface area contributed by atoms with E-state index in [0.717, 1.165) is 16.8 Å². The summed E-state index contributed by atoms with van der Waals surface area (Å²) in [5, 5.41) is 3.63. The van der Waals surface area contributed by atoms with Crippen molar-refractivity contribution < 1.29 is 9.59 Å². The van der Waals surface area contributed by atoms with Crippen molar-refractivity contribution in [2.75, 3.05) is 38.0 Å². The van der Waals surface area contributed by atoms with Gasteiger partial charge in [-0.2, -0.15) is 0 Å². The summed E-state index contributed by atoms with van der Waals surface area (Å²) in [6.07, 6.45) is 0. The number of rotatable bonds is 4. The van der Waals surface area contributed by atoms with E-state index in [0.29, 0.717) is 43.3 Å². The number of nitrogens with zero attached hydrogens (tertiary/aromatic N) is 2. The highest BCUT2D eigenvalue weighted by molar-refractivity contribution is 6.30. The average Bonchev–Trinajstić information content (AvgIpc) is 2.65. The molecular formula is C21H24ClN3O2. The summed E-state index contributed by atoms with van der Waals surface area (Å²) in [6.45, 7) is 6.89. The second-order valence-corrected chi connectivity index (χ2v) is 7.33. The van der Waals surface area contributed by atoms with E-state index in [1.807, 2.05) is 36.9 Å². The third-order valence-electron chi connectivity index (χ3n) is 4.86. The maximum atomic E-state index is 12.5. The molecule has 1 saturated heterocycles. The number of piperazine rings is 1. The Hall–Kier alpha value is -2.37. The number of hydrogen-bond acceptors (Lipinski definition) is 3. The lowest BCUT2D eigenvalue weighted by Gasteiger charge is -2.34. The molecule has 0 radical (unpaired) electrons. The van der Waals surface area contributed by atoms with Crippen LogP contribution in [0, 0.1) is 13.8 Å². The molecule has 1 heterocycles. The Kier molecular flexibility index (Phi) is 6.14. The van der Waals surface area contributed by atoms with Crippen LogP contribution in [0.1, 0.15) is 21.5 Å². The molecule has 5 nitrogen and oxygen atoms in total. The summed E-state index contributed by atoms with van der Waals surface area (Å²) >= 11 is 5.88. The first-order chi connectivity index (χ1) is 12.9. The fourth-order valence-corrected chi connectivity index (χ4v) is 3.40. The van der Waals surface area contributed by atoms with Crippen LogP contribution in [0.4, 0.5) is 5.69 Å². The minimum Gasteiger partial charge on any atom is -0.336 e. The van der Waals surface area contributed by atoms with E-state index in [4.69, 9.17) is 11.6 Å². The fourth-order valence-electron chi connectivity index (χ4n) is 3.28. The average molecular weight is 386 g/mol. The number of carbonyl (C=O) groups is 2. The molecule has 3 rings (SSSR count). The van der Waals surface area contributed by atoms with Gasteiger partial charge in [-0.3, -0.25) is 14.5 Å². The van der Waals surface area contributed by atoms with E-state index in [1.165, 1.54) is 0 Å². The van der Waals surface area contributed by atoms with Crippen molar-refractivity contribution in [3.05, 3.63) is 64.2 Å². The van der Waals surface area contributed by atoms with Crippen LogP contribution in [-0.4, -0.2) is 54.3 Å². The third-order valence-corrected chi connectivity index (χ3v) is 5.12. The van der Waals surface area contributed by atoms with Crippen LogP contribution in [-0.2, 0) is 4.79 Å². The van der Waals surface area contributed by atoms with Gasteiger partial charge in [0.15, 0.2) is 0 Å². The van der Waals surface area contributed by atoms with E-state index in [2.05, 4.69) is 10.2 Å². The van der Waals surface area contributed by atoms with E-state index in [1.54, 1.807) is 24.3 Å². The SMILES string of the molecule is Cc1cccc(C)c1NC(=O)CN1CCN(C(=O)c2ccc(Cl)cc2)CC1. The molecule has 0 unspecified atom stereocenters. The first kappa shape index (κ1) is 19.4. The Morgan fingerprint density at radius 1 is 0.963 bits per heavy atom. The molecule has 0 aromatic heterocycles. The van der Waals surface area contributed by atoms with Crippen molar-refractivity contribution >= 4 is 29.1 Å². The number of nitrogens with one attached hydrogen (secondary N) is 1. The molecule has 6 heteroatoms. The van der Waals surface area contributed by atoms with E-state index >= 15 is 0 Å². The number of halogens is 1. The predicted molar refractivity (Wildman–Crippen MR) is 108 cm³/mol. The maximum absolute atomic E-state index is 12.5. The van der Waals surface area contributed by atoms with Crippen LogP contribution >= 0.6 is 11.6 Å². The van der Waals surface area contributed by atoms with Gasteiger partial charge in [0.1, 0.15) is 0 Å². The zero-order valence-corrected chi connectivity index (χ0v) is 16.4. The van der Waals surface area contributed by atoms with E-state index in [-0.39, 0.29) is 11.8 Å². The Balaban J connectivity index is 1.51. The Labute approximate surface area is 164 Å². The van der Waals surface area contributed by atoms with Gasteiger partial charge in [0.2, 0.25) is 5.91 Å². The third kappa shape index (κ3) is 4.87. The molecule has 27 heavy (non-hydrogen) atoms. The van der Waals surface area contributed by atoms with Gasteiger partial charge in [0.25, 0.3) is 5.91 Å². The van der Waals surface area contributed by atoms with Crippen molar-refractivity contribution in [1.29, 1.82) is 0 Å². The number of carbonyl (C=O) groups excluding carboxylic acids is 2. The molecule has 1 aliphatic rings. The van der Waals surface area contributed by atoms with Crippen LogP contribution in [0.25, 0.3) is 0 Å². The molecule has 0 spiro atoms. The highest BCUT2D eigenvalue weighted by Gasteiger charge is 2.23. The molecule has 2 aromatic rings. The second-order valence-electron chi connectivity index (χ2n) is 6.89. The predicted octanol–water partition coefficient (Wildman–Crippen LogP) is 3.35. The quantitative estimate of drug-likeness (QED) is 0.878. The van der Waals surface area contributed by atoms with Gasteiger partial charge in [0, 0.05) is 42.5 Å².